The van der Waals surface area contributed by atoms with Gasteiger partial charge in [-0.15, -0.1) is 0 Å². The van der Waals surface area contributed by atoms with Crippen molar-refractivity contribution < 1.29 is 17.6 Å². The van der Waals surface area contributed by atoms with Crippen molar-refractivity contribution in [1.82, 2.24) is 0 Å². The van der Waals surface area contributed by atoms with Gasteiger partial charge in [0.25, 0.3) is 10.0 Å². The van der Waals surface area contributed by atoms with Crippen LogP contribution in [0.3, 0.4) is 0 Å². The van der Waals surface area contributed by atoms with Gasteiger partial charge in [0.05, 0.1) is 10.6 Å². The van der Waals surface area contributed by atoms with Crippen LogP contribution < -0.4 is 10.0 Å². The standard InChI is InChI=1S/C16H15FN2O3S/c1-10-8-12-9-11(16(18)20)2-7-15(12)19(10)23(21,22)14-5-3-13(17)4-6-14/h2-7,9-10H,8H2,1H3,(H2,18,20)/t10-/m1/s1. The van der Waals surface area contributed by atoms with Gasteiger partial charge in [-0.3, -0.25) is 9.10 Å². The van der Waals surface area contributed by atoms with E-state index < -0.39 is 21.7 Å². The van der Waals surface area contributed by atoms with Gasteiger partial charge in [-0.1, -0.05) is 0 Å². The summed E-state index contributed by atoms with van der Waals surface area (Å²) in [7, 11) is -3.80. The van der Waals surface area contributed by atoms with Crippen LogP contribution in [-0.2, 0) is 16.4 Å². The molecule has 120 valence electrons. The Morgan fingerprint density at radius 2 is 1.87 bits per heavy atom. The number of sulfonamides is 1. The first-order valence-electron chi connectivity index (χ1n) is 7.03. The highest BCUT2D eigenvalue weighted by atomic mass is 32.2. The minimum atomic E-state index is -3.80. The zero-order valence-electron chi connectivity index (χ0n) is 12.4. The van der Waals surface area contributed by atoms with Crippen molar-refractivity contribution >= 4 is 21.6 Å². The van der Waals surface area contributed by atoms with Gasteiger partial charge in [-0.25, -0.2) is 12.8 Å². The Bertz CT molecular complexity index is 879. The molecule has 2 N–H and O–H groups in total. The summed E-state index contributed by atoms with van der Waals surface area (Å²) in [5.74, 6) is -1.05. The van der Waals surface area contributed by atoms with Gasteiger partial charge in [-0.05, 0) is 61.4 Å². The van der Waals surface area contributed by atoms with E-state index >= 15 is 0 Å². The second-order valence-corrected chi connectivity index (χ2v) is 7.33. The second kappa shape index (κ2) is 5.34. The Morgan fingerprint density at radius 1 is 1.22 bits per heavy atom. The third kappa shape index (κ3) is 2.57. The molecule has 0 saturated carbocycles. The van der Waals surface area contributed by atoms with E-state index in [-0.39, 0.29) is 10.9 Å². The predicted octanol–water partition coefficient (Wildman–Crippen LogP) is 2.06. The maximum absolute atomic E-state index is 13.0. The highest BCUT2D eigenvalue weighted by Gasteiger charge is 2.36. The van der Waals surface area contributed by atoms with Gasteiger partial charge in [0, 0.05) is 11.6 Å². The number of anilines is 1. The van der Waals surface area contributed by atoms with Crippen LogP contribution in [0.2, 0.25) is 0 Å². The molecule has 0 bridgehead atoms. The molecule has 7 heteroatoms. The fourth-order valence-electron chi connectivity index (χ4n) is 2.84. The Morgan fingerprint density at radius 3 is 2.48 bits per heavy atom. The van der Waals surface area contributed by atoms with Crippen LogP contribution >= 0.6 is 0 Å². The average Bonchev–Trinajstić information content (AvgIpc) is 2.83. The van der Waals surface area contributed by atoms with Gasteiger partial charge < -0.3 is 5.73 Å². The van der Waals surface area contributed by atoms with Crippen LogP contribution in [-0.4, -0.2) is 20.4 Å². The maximum Gasteiger partial charge on any atom is 0.264 e. The predicted molar refractivity (Wildman–Crippen MR) is 84.2 cm³/mol. The Kier molecular flexibility index (Phi) is 3.60. The molecule has 1 amide bonds. The molecule has 0 aromatic heterocycles. The van der Waals surface area contributed by atoms with Gasteiger partial charge in [0.2, 0.25) is 5.91 Å². The van der Waals surface area contributed by atoms with E-state index in [1.54, 1.807) is 19.1 Å². The summed E-state index contributed by atoms with van der Waals surface area (Å²) in [5.41, 5.74) is 6.88. The summed E-state index contributed by atoms with van der Waals surface area (Å²) in [6.07, 6.45) is 0.483. The number of fused-ring (bicyclic) bond motifs is 1. The lowest BCUT2D eigenvalue weighted by Gasteiger charge is -2.24. The molecule has 0 fully saturated rings. The van der Waals surface area contributed by atoms with Crippen molar-refractivity contribution in [3.05, 3.63) is 59.4 Å². The lowest BCUT2D eigenvalue weighted by atomic mass is 10.1. The van der Waals surface area contributed by atoms with Crippen LogP contribution in [0, 0.1) is 5.82 Å². The van der Waals surface area contributed by atoms with Crippen molar-refractivity contribution in [2.45, 2.75) is 24.3 Å². The molecular weight excluding hydrogens is 319 g/mol. The van der Waals surface area contributed by atoms with Gasteiger partial charge in [0.15, 0.2) is 0 Å². The zero-order valence-corrected chi connectivity index (χ0v) is 13.2. The number of primary amides is 1. The Hall–Kier alpha value is -2.41. The number of hydrogen-bond acceptors (Lipinski definition) is 3. The van der Waals surface area contributed by atoms with Crippen molar-refractivity contribution in [1.29, 1.82) is 0 Å². The lowest BCUT2D eigenvalue weighted by molar-refractivity contribution is 0.1000. The van der Waals surface area contributed by atoms with E-state index in [2.05, 4.69) is 0 Å². The summed E-state index contributed by atoms with van der Waals surface area (Å²) < 4.78 is 40.0. The summed E-state index contributed by atoms with van der Waals surface area (Å²) in [4.78, 5) is 11.3. The Balaban J connectivity index is 2.08. The number of carbonyl (C=O) groups is 1. The number of hydrogen-bond donors (Lipinski definition) is 1. The van der Waals surface area contributed by atoms with Gasteiger partial charge in [-0.2, -0.15) is 0 Å². The molecule has 1 heterocycles. The highest BCUT2D eigenvalue weighted by Crippen LogP contribution is 2.37. The topological polar surface area (TPSA) is 80.5 Å². The van der Waals surface area contributed by atoms with Gasteiger partial charge >= 0.3 is 0 Å². The van der Waals surface area contributed by atoms with Crippen molar-refractivity contribution in [3.8, 4) is 0 Å². The normalized spacial score (nSPS) is 17.1. The lowest BCUT2D eigenvalue weighted by Crippen LogP contribution is -2.35. The van der Waals surface area contributed by atoms with Crippen LogP contribution in [0.5, 0.6) is 0 Å². The summed E-state index contributed by atoms with van der Waals surface area (Å²) in [6.45, 7) is 1.78. The molecule has 0 radical (unpaired) electrons. The molecule has 0 saturated heterocycles. The van der Waals surface area contributed by atoms with Crippen LogP contribution in [0.15, 0.2) is 47.4 Å². The van der Waals surface area contributed by atoms with Crippen molar-refractivity contribution in [3.63, 3.8) is 0 Å². The second-order valence-electron chi connectivity index (χ2n) is 5.52. The first-order chi connectivity index (χ1) is 10.8. The Labute approximate surface area is 133 Å². The number of benzene rings is 2. The maximum atomic E-state index is 13.0. The monoisotopic (exact) mass is 334 g/mol. The number of carbonyl (C=O) groups excluding carboxylic acids is 1. The fourth-order valence-corrected chi connectivity index (χ4v) is 4.53. The number of nitrogens with zero attached hydrogens (tertiary/aromatic N) is 1. The van der Waals surface area contributed by atoms with Gasteiger partial charge in [0.1, 0.15) is 5.82 Å². The van der Waals surface area contributed by atoms with Crippen molar-refractivity contribution in [2.75, 3.05) is 4.31 Å². The molecule has 0 aliphatic carbocycles. The first-order valence-corrected chi connectivity index (χ1v) is 8.47. The average molecular weight is 334 g/mol. The number of amides is 1. The minimum Gasteiger partial charge on any atom is -0.366 e. The van der Waals surface area contributed by atoms with E-state index in [1.165, 1.54) is 22.5 Å². The molecular formula is C16H15FN2O3S. The summed E-state index contributed by atoms with van der Waals surface area (Å²) >= 11 is 0. The summed E-state index contributed by atoms with van der Waals surface area (Å²) in [5, 5.41) is 0. The van der Waals surface area contributed by atoms with E-state index in [9.17, 15) is 17.6 Å². The molecule has 1 atom stereocenters. The van der Waals surface area contributed by atoms with E-state index in [1.807, 2.05) is 0 Å². The van der Waals surface area contributed by atoms with E-state index in [0.29, 0.717) is 17.7 Å². The number of halogens is 1. The smallest absolute Gasteiger partial charge is 0.264 e. The van der Waals surface area contributed by atoms with Crippen LogP contribution in [0.4, 0.5) is 10.1 Å². The van der Waals surface area contributed by atoms with Crippen molar-refractivity contribution in [2.24, 2.45) is 5.73 Å². The first kappa shape index (κ1) is 15.5. The molecule has 3 rings (SSSR count). The molecule has 5 nitrogen and oxygen atoms in total. The number of rotatable bonds is 3. The molecule has 23 heavy (non-hydrogen) atoms. The SMILES string of the molecule is C[C@@H]1Cc2cc(C(N)=O)ccc2N1S(=O)(=O)c1ccc(F)cc1. The molecule has 0 unspecified atom stereocenters. The highest BCUT2D eigenvalue weighted by molar-refractivity contribution is 7.92. The largest absolute Gasteiger partial charge is 0.366 e. The molecule has 1 aliphatic rings. The van der Waals surface area contributed by atoms with E-state index in [4.69, 9.17) is 5.73 Å². The minimum absolute atomic E-state index is 0.0255. The van der Waals surface area contributed by atoms with Crippen LogP contribution in [0.25, 0.3) is 0 Å². The zero-order chi connectivity index (χ0) is 16.8. The third-order valence-corrected chi connectivity index (χ3v) is 5.83. The molecule has 2 aromatic rings. The third-order valence-electron chi connectivity index (χ3n) is 3.89. The fraction of sp³-hybridized carbons (Fsp3) is 0.188. The number of nitrogens with two attached hydrogens (primary N) is 1. The molecule has 1 aliphatic heterocycles. The van der Waals surface area contributed by atoms with E-state index in [0.717, 1.165) is 17.7 Å². The van der Waals surface area contributed by atoms with Crippen LogP contribution in [0.1, 0.15) is 22.8 Å². The molecule has 0 spiro atoms. The molecule has 2 aromatic carbocycles. The quantitative estimate of drug-likeness (QED) is 0.933. The summed E-state index contributed by atoms with van der Waals surface area (Å²) in [6, 6.07) is 9.12.